The molecular weight excluding hydrogens is 164 g/mol. The van der Waals surface area contributed by atoms with Gasteiger partial charge in [0.15, 0.2) is 0 Å². The zero-order valence-corrected chi connectivity index (χ0v) is 8.14. The maximum absolute atomic E-state index is 10.4. The molecule has 0 rings (SSSR count). The van der Waals surface area contributed by atoms with Gasteiger partial charge in [0.05, 0.1) is 6.10 Å². The monoisotopic (exact) mass is 179 g/mol. The standard InChI is InChI=1S/C7H16O3S/c1-5(11(9)10)6(8)7(2,3)4/h5-6,8H,1-4H3,(H,9,10)/p-1/t5-,6+/m1/s1. The van der Waals surface area contributed by atoms with Crippen LogP contribution in [-0.4, -0.2) is 25.2 Å². The number of hydrogen-bond donors (Lipinski definition) is 1. The van der Waals surface area contributed by atoms with E-state index in [1.165, 1.54) is 6.92 Å². The van der Waals surface area contributed by atoms with Crippen LogP contribution in [0.3, 0.4) is 0 Å². The summed E-state index contributed by atoms with van der Waals surface area (Å²) in [4.78, 5) is 0. The fourth-order valence-corrected chi connectivity index (χ4v) is 1.43. The van der Waals surface area contributed by atoms with E-state index in [4.69, 9.17) is 0 Å². The molecule has 0 radical (unpaired) electrons. The van der Waals surface area contributed by atoms with Gasteiger partial charge < -0.3 is 9.66 Å². The zero-order chi connectivity index (χ0) is 9.23. The Morgan fingerprint density at radius 2 is 1.82 bits per heavy atom. The summed E-state index contributed by atoms with van der Waals surface area (Å²) >= 11 is -2.19. The quantitative estimate of drug-likeness (QED) is 0.633. The molecule has 3 atom stereocenters. The second kappa shape index (κ2) is 3.65. The largest absolute Gasteiger partial charge is 0.772 e. The van der Waals surface area contributed by atoms with Crippen molar-refractivity contribution in [1.82, 2.24) is 0 Å². The molecular formula is C7H15O3S-. The van der Waals surface area contributed by atoms with E-state index in [0.717, 1.165) is 0 Å². The highest BCUT2D eigenvalue weighted by atomic mass is 32.2. The molecule has 0 bridgehead atoms. The Labute approximate surface area is 70.1 Å². The Kier molecular flexibility index (Phi) is 3.67. The lowest BCUT2D eigenvalue weighted by molar-refractivity contribution is 0.0621. The Balaban J connectivity index is 4.25. The molecule has 0 aliphatic heterocycles. The third-order valence-corrected chi connectivity index (χ3v) is 2.50. The van der Waals surface area contributed by atoms with Crippen molar-refractivity contribution in [2.45, 2.75) is 39.0 Å². The van der Waals surface area contributed by atoms with Gasteiger partial charge in [-0.05, 0) is 23.4 Å². The summed E-state index contributed by atoms with van der Waals surface area (Å²) in [6, 6.07) is 0. The highest BCUT2D eigenvalue weighted by molar-refractivity contribution is 7.79. The van der Waals surface area contributed by atoms with Gasteiger partial charge in [0.25, 0.3) is 0 Å². The molecule has 0 amide bonds. The predicted octanol–water partition coefficient (Wildman–Crippen LogP) is 0.661. The fraction of sp³-hybridized carbons (Fsp3) is 1.00. The van der Waals surface area contributed by atoms with Gasteiger partial charge in [-0.15, -0.1) is 0 Å². The Hall–Kier alpha value is 0.0700. The zero-order valence-electron chi connectivity index (χ0n) is 7.33. The van der Waals surface area contributed by atoms with E-state index < -0.39 is 22.4 Å². The molecule has 0 aromatic rings. The molecule has 0 saturated heterocycles. The Bertz CT molecular complexity index is 150. The van der Waals surface area contributed by atoms with Crippen molar-refractivity contribution in [1.29, 1.82) is 0 Å². The normalized spacial score (nSPS) is 20.9. The lowest BCUT2D eigenvalue weighted by Gasteiger charge is -2.31. The first-order chi connectivity index (χ1) is 4.76. The molecule has 1 N–H and O–H groups in total. The Morgan fingerprint density at radius 3 is 1.91 bits per heavy atom. The molecule has 3 nitrogen and oxygen atoms in total. The minimum atomic E-state index is -2.19. The van der Waals surface area contributed by atoms with Gasteiger partial charge in [0.1, 0.15) is 0 Å². The third-order valence-electron chi connectivity index (χ3n) is 1.64. The van der Waals surface area contributed by atoms with Crippen LogP contribution in [0, 0.1) is 5.41 Å². The Morgan fingerprint density at radius 1 is 1.45 bits per heavy atom. The molecule has 0 fully saturated rings. The number of rotatable bonds is 2. The van der Waals surface area contributed by atoms with Gasteiger partial charge in [-0.25, -0.2) is 0 Å². The maximum atomic E-state index is 10.4. The lowest BCUT2D eigenvalue weighted by atomic mass is 9.87. The molecule has 68 valence electrons. The lowest BCUT2D eigenvalue weighted by Crippen LogP contribution is -2.38. The summed E-state index contributed by atoms with van der Waals surface area (Å²) in [5, 5.41) is 8.73. The van der Waals surface area contributed by atoms with Crippen LogP contribution >= 0.6 is 0 Å². The average Bonchev–Trinajstić information content (AvgIpc) is 1.82. The number of hydrogen-bond acceptors (Lipinski definition) is 3. The van der Waals surface area contributed by atoms with Crippen molar-refractivity contribution < 1.29 is 13.9 Å². The molecule has 0 aliphatic rings. The summed E-state index contributed by atoms with van der Waals surface area (Å²) < 4.78 is 20.9. The first-order valence-corrected chi connectivity index (χ1v) is 4.66. The van der Waals surface area contributed by atoms with Crippen LogP contribution in [0.1, 0.15) is 27.7 Å². The summed E-state index contributed by atoms with van der Waals surface area (Å²) in [7, 11) is 0. The van der Waals surface area contributed by atoms with Crippen molar-refractivity contribution in [3.05, 3.63) is 0 Å². The van der Waals surface area contributed by atoms with Crippen LogP contribution < -0.4 is 0 Å². The van der Waals surface area contributed by atoms with Crippen LogP contribution in [0.15, 0.2) is 0 Å². The summed E-state index contributed by atoms with van der Waals surface area (Å²) in [6.45, 7) is 6.92. The first kappa shape index (κ1) is 11.1. The molecule has 1 unspecified atom stereocenters. The SMILES string of the molecule is C[C@H]([C@H](O)C(C)(C)C)S(=O)[O-]. The van der Waals surface area contributed by atoms with Gasteiger partial charge >= 0.3 is 0 Å². The van der Waals surface area contributed by atoms with Crippen LogP contribution in [0.5, 0.6) is 0 Å². The van der Waals surface area contributed by atoms with E-state index in [1.54, 1.807) is 20.8 Å². The molecule has 0 saturated carbocycles. The van der Waals surface area contributed by atoms with Crippen molar-refractivity contribution in [3.8, 4) is 0 Å². The van der Waals surface area contributed by atoms with Gasteiger partial charge in [-0.3, -0.25) is 4.21 Å². The molecule has 0 heterocycles. The third kappa shape index (κ3) is 3.31. The summed E-state index contributed by atoms with van der Waals surface area (Å²) in [5.41, 5.74) is -0.376. The highest BCUT2D eigenvalue weighted by Crippen LogP contribution is 2.23. The fourth-order valence-electron chi connectivity index (χ4n) is 0.809. The van der Waals surface area contributed by atoms with Crippen molar-refractivity contribution in [2.75, 3.05) is 0 Å². The molecule has 0 spiro atoms. The van der Waals surface area contributed by atoms with E-state index in [1.807, 2.05) is 0 Å². The summed E-state index contributed by atoms with van der Waals surface area (Å²) in [6.07, 6.45) is -0.805. The molecule has 0 aromatic carbocycles. The second-order valence-electron chi connectivity index (χ2n) is 3.78. The topological polar surface area (TPSA) is 60.4 Å². The molecule has 11 heavy (non-hydrogen) atoms. The van der Waals surface area contributed by atoms with E-state index in [-0.39, 0.29) is 5.41 Å². The average molecular weight is 179 g/mol. The predicted molar refractivity (Wildman–Crippen MR) is 43.8 cm³/mol. The minimum Gasteiger partial charge on any atom is -0.772 e. The van der Waals surface area contributed by atoms with Crippen molar-refractivity contribution in [3.63, 3.8) is 0 Å². The summed E-state index contributed by atoms with van der Waals surface area (Å²) in [5.74, 6) is 0. The molecule has 0 aliphatic carbocycles. The van der Waals surface area contributed by atoms with Crippen LogP contribution in [0.2, 0.25) is 0 Å². The maximum Gasteiger partial charge on any atom is 0.0717 e. The molecule has 0 aromatic heterocycles. The smallest absolute Gasteiger partial charge is 0.0717 e. The van der Waals surface area contributed by atoms with Gasteiger partial charge in [-0.1, -0.05) is 20.8 Å². The van der Waals surface area contributed by atoms with E-state index >= 15 is 0 Å². The van der Waals surface area contributed by atoms with Gasteiger partial charge in [0.2, 0.25) is 0 Å². The highest BCUT2D eigenvalue weighted by Gasteiger charge is 2.27. The van der Waals surface area contributed by atoms with Gasteiger partial charge in [-0.2, -0.15) is 0 Å². The van der Waals surface area contributed by atoms with Crippen molar-refractivity contribution >= 4 is 11.1 Å². The molecule has 4 heteroatoms. The minimum absolute atomic E-state index is 0.376. The first-order valence-electron chi connectivity index (χ1n) is 3.53. The number of aliphatic hydroxyl groups excluding tert-OH is 1. The van der Waals surface area contributed by atoms with E-state index in [0.29, 0.717) is 0 Å². The second-order valence-corrected chi connectivity index (χ2v) is 5.04. The van der Waals surface area contributed by atoms with Crippen LogP contribution in [0.4, 0.5) is 0 Å². The van der Waals surface area contributed by atoms with Crippen LogP contribution in [-0.2, 0) is 11.1 Å². The van der Waals surface area contributed by atoms with E-state index in [9.17, 15) is 13.9 Å². The van der Waals surface area contributed by atoms with E-state index in [2.05, 4.69) is 0 Å². The van der Waals surface area contributed by atoms with Crippen LogP contribution in [0.25, 0.3) is 0 Å². The number of aliphatic hydroxyl groups is 1. The van der Waals surface area contributed by atoms with Crippen molar-refractivity contribution in [2.24, 2.45) is 5.41 Å². The van der Waals surface area contributed by atoms with Gasteiger partial charge in [0, 0.05) is 5.25 Å².